The van der Waals surface area contributed by atoms with Crippen LogP contribution in [0.5, 0.6) is 11.5 Å². The molecule has 0 aliphatic rings. The topological polar surface area (TPSA) is 40.5 Å². The van der Waals surface area contributed by atoms with E-state index in [0.717, 1.165) is 24.0 Å². The van der Waals surface area contributed by atoms with Gasteiger partial charge in [0.15, 0.2) is 0 Å². The van der Waals surface area contributed by atoms with E-state index in [4.69, 9.17) is 0 Å². The molecule has 0 bridgehead atoms. The minimum atomic E-state index is 0. The Morgan fingerprint density at radius 3 is 1.15 bits per heavy atom. The van der Waals surface area contributed by atoms with Gasteiger partial charge in [0.05, 0.1) is 0 Å². The van der Waals surface area contributed by atoms with Gasteiger partial charge in [-0.2, -0.15) is 0 Å². The van der Waals surface area contributed by atoms with Gasteiger partial charge < -0.3 is 10.2 Å². The maximum absolute atomic E-state index is 9.67. The fraction of sp³-hybridized carbons (Fsp3) is 0.520. The lowest BCUT2D eigenvalue weighted by molar-refractivity contribution is 0.445. The summed E-state index contributed by atoms with van der Waals surface area (Å²) in [6.45, 7) is 16.9. The first-order valence-corrected chi connectivity index (χ1v) is 9.54. The maximum Gasteiger partial charge on any atom is 0.119 e. The van der Waals surface area contributed by atoms with Crippen LogP contribution in [0.1, 0.15) is 85.1 Å². The molecule has 0 saturated heterocycles. The summed E-state index contributed by atoms with van der Waals surface area (Å²) < 4.78 is 0. The lowest BCUT2D eigenvalue weighted by atomic mass is 9.85. The van der Waals surface area contributed by atoms with Crippen LogP contribution in [0.4, 0.5) is 0 Å². The Bertz CT molecular complexity index is 653. The molecule has 0 aliphatic heterocycles. The zero-order valence-electron chi connectivity index (χ0n) is 17.8. The van der Waals surface area contributed by atoms with Crippen LogP contribution in [0.25, 0.3) is 0 Å². The average Bonchev–Trinajstić information content (AvgIpc) is 2.54. The van der Waals surface area contributed by atoms with Crippen molar-refractivity contribution < 1.29 is 10.2 Å². The van der Waals surface area contributed by atoms with Crippen molar-refractivity contribution in [1.29, 1.82) is 0 Å². The fourth-order valence-corrected chi connectivity index (χ4v) is 2.81. The molecule has 27 heavy (non-hydrogen) atoms. The summed E-state index contributed by atoms with van der Waals surface area (Å²) in [7, 11) is 0. The number of benzene rings is 2. The quantitative estimate of drug-likeness (QED) is 0.588. The van der Waals surface area contributed by atoms with Gasteiger partial charge in [-0.05, 0) is 58.1 Å². The molecule has 0 radical (unpaired) electrons. The van der Waals surface area contributed by atoms with Gasteiger partial charge in [-0.25, -0.2) is 0 Å². The molecule has 0 fully saturated rings. The summed E-state index contributed by atoms with van der Waals surface area (Å²) >= 11 is 0. The van der Waals surface area contributed by atoms with E-state index in [9.17, 15) is 10.2 Å². The number of phenols is 2. The van der Waals surface area contributed by atoms with Crippen LogP contribution in [0, 0.1) is 0 Å². The fourth-order valence-electron chi connectivity index (χ4n) is 2.81. The second kappa shape index (κ2) is 9.82. The summed E-state index contributed by atoms with van der Waals surface area (Å²) in [6, 6.07) is 11.7. The second-order valence-electron chi connectivity index (χ2n) is 8.91. The van der Waals surface area contributed by atoms with Crippen LogP contribution < -0.4 is 0 Å². The molecule has 2 nitrogen and oxygen atoms in total. The number of hydrogen-bond acceptors (Lipinski definition) is 2. The third kappa shape index (κ3) is 7.28. The van der Waals surface area contributed by atoms with Crippen molar-refractivity contribution >= 4 is 0 Å². The Kier molecular flexibility index (Phi) is 9.11. The Labute approximate surface area is 167 Å². The minimum absolute atomic E-state index is 0. The van der Waals surface area contributed by atoms with Crippen LogP contribution in [0.15, 0.2) is 36.4 Å². The molecule has 0 unspecified atom stereocenters. The molecule has 0 aromatic heterocycles. The van der Waals surface area contributed by atoms with Crippen LogP contribution in [0.2, 0.25) is 0 Å². The van der Waals surface area contributed by atoms with E-state index in [1.165, 1.54) is 11.1 Å². The highest BCUT2D eigenvalue weighted by Crippen LogP contribution is 2.32. The van der Waals surface area contributed by atoms with Crippen molar-refractivity contribution in [3.05, 3.63) is 58.7 Å². The number of aryl methyl sites for hydroxylation is 2. The molecule has 2 aromatic carbocycles. The molecule has 2 aromatic rings. The summed E-state index contributed by atoms with van der Waals surface area (Å²) in [4.78, 5) is 0. The maximum atomic E-state index is 9.67. The molecule has 152 valence electrons. The zero-order valence-corrected chi connectivity index (χ0v) is 17.8. The first kappa shape index (κ1) is 25.0. The standard InChI is InChI=1S/2C12H18O.CH4/c2*1-5-9-6-7-11(13)10(8-9)12(2,3)4;/h2*6-8,13H,5H2,1-4H3;1H4. The predicted octanol–water partition coefficient (Wildman–Crippen LogP) is 7.14. The molecule has 0 atom stereocenters. The highest BCUT2D eigenvalue weighted by atomic mass is 16.3. The highest BCUT2D eigenvalue weighted by Gasteiger charge is 2.18. The molecular weight excluding hydrogens is 332 g/mol. The van der Waals surface area contributed by atoms with Gasteiger partial charge in [-0.1, -0.05) is 87.1 Å². The molecule has 2 heteroatoms. The lowest BCUT2D eigenvalue weighted by Crippen LogP contribution is -2.11. The number of hydrogen-bond donors (Lipinski definition) is 2. The van der Waals surface area contributed by atoms with E-state index in [0.29, 0.717) is 11.5 Å². The van der Waals surface area contributed by atoms with E-state index >= 15 is 0 Å². The lowest BCUT2D eigenvalue weighted by Gasteiger charge is -2.21. The number of phenolic OH excluding ortho intramolecular Hbond substituents is 2. The van der Waals surface area contributed by atoms with E-state index in [-0.39, 0.29) is 18.3 Å². The first-order valence-electron chi connectivity index (χ1n) is 9.54. The van der Waals surface area contributed by atoms with Gasteiger partial charge in [0, 0.05) is 0 Å². The van der Waals surface area contributed by atoms with Crippen molar-refractivity contribution in [1.82, 2.24) is 0 Å². The van der Waals surface area contributed by atoms with Crippen molar-refractivity contribution in [2.24, 2.45) is 0 Å². The monoisotopic (exact) mass is 372 g/mol. The first-order chi connectivity index (χ1) is 11.9. The van der Waals surface area contributed by atoms with Gasteiger partial charge in [-0.15, -0.1) is 0 Å². The Morgan fingerprint density at radius 2 is 0.926 bits per heavy atom. The molecule has 0 spiro atoms. The second-order valence-corrected chi connectivity index (χ2v) is 8.91. The highest BCUT2D eigenvalue weighted by molar-refractivity contribution is 5.41. The predicted molar refractivity (Wildman–Crippen MR) is 119 cm³/mol. The summed E-state index contributed by atoms with van der Waals surface area (Å²) in [5.74, 6) is 0.814. The minimum Gasteiger partial charge on any atom is -0.508 e. The molecule has 0 saturated carbocycles. The Hall–Kier alpha value is -1.96. The molecule has 0 aliphatic carbocycles. The third-order valence-corrected chi connectivity index (χ3v) is 4.55. The van der Waals surface area contributed by atoms with Gasteiger partial charge in [-0.3, -0.25) is 0 Å². The van der Waals surface area contributed by atoms with Crippen molar-refractivity contribution in [2.75, 3.05) is 0 Å². The average molecular weight is 373 g/mol. The van der Waals surface area contributed by atoms with Crippen molar-refractivity contribution in [2.45, 2.75) is 86.5 Å². The molecule has 2 rings (SSSR count). The Balaban J connectivity index is 0.000000483. The summed E-state index contributed by atoms with van der Waals surface area (Å²) in [5, 5.41) is 19.3. The van der Waals surface area contributed by atoms with Gasteiger partial charge >= 0.3 is 0 Å². The molecular formula is C25H40O2. The SMILES string of the molecule is C.CCc1ccc(O)c(C(C)(C)C)c1.CCc1ccc(O)c(C(C)(C)C)c1. The van der Waals surface area contributed by atoms with Crippen LogP contribution in [-0.4, -0.2) is 10.2 Å². The van der Waals surface area contributed by atoms with Gasteiger partial charge in [0.1, 0.15) is 11.5 Å². The van der Waals surface area contributed by atoms with Crippen LogP contribution in [0.3, 0.4) is 0 Å². The normalized spacial score (nSPS) is 11.3. The van der Waals surface area contributed by atoms with Crippen LogP contribution in [-0.2, 0) is 23.7 Å². The molecule has 0 heterocycles. The number of aromatic hydroxyl groups is 2. The zero-order chi connectivity index (χ0) is 20.1. The van der Waals surface area contributed by atoms with E-state index in [2.05, 4.69) is 67.5 Å². The Morgan fingerprint density at radius 1 is 0.630 bits per heavy atom. The van der Waals surface area contributed by atoms with E-state index in [1.807, 2.05) is 12.1 Å². The molecule has 2 N–H and O–H groups in total. The van der Waals surface area contributed by atoms with Gasteiger partial charge in [0.2, 0.25) is 0 Å². The van der Waals surface area contributed by atoms with E-state index < -0.39 is 0 Å². The van der Waals surface area contributed by atoms with Crippen molar-refractivity contribution in [3.63, 3.8) is 0 Å². The number of rotatable bonds is 2. The summed E-state index contributed by atoms with van der Waals surface area (Å²) in [5.41, 5.74) is 4.68. The third-order valence-electron chi connectivity index (χ3n) is 4.55. The summed E-state index contributed by atoms with van der Waals surface area (Å²) in [6.07, 6.45) is 2.03. The smallest absolute Gasteiger partial charge is 0.119 e. The van der Waals surface area contributed by atoms with Crippen molar-refractivity contribution in [3.8, 4) is 11.5 Å². The van der Waals surface area contributed by atoms with E-state index in [1.54, 1.807) is 12.1 Å². The molecule has 0 amide bonds. The largest absolute Gasteiger partial charge is 0.508 e. The van der Waals surface area contributed by atoms with Gasteiger partial charge in [0.25, 0.3) is 0 Å². The van der Waals surface area contributed by atoms with Crippen LogP contribution >= 0.6 is 0 Å².